The number of rotatable bonds is 5. The highest BCUT2D eigenvalue weighted by molar-refractivity contribution is 7.16. The van der Waals surface area contributed by atoms with Crippen molar-refractivity contribution in [1.29, 1.82) is 0 Å². The first-order valence-corrected chi connectivity index (χ1v) is 8.73. The SMILES string of the molecule is CCCCc1nn2c(=O)c(NC(=O)c3ccccc3Cl)cnc2s1. The smallest absolute Gasteiger partial charge is 0.298 e. The maximum Gasteiger partial charge on any atom is 0.298 e. The molecule has 3 aromatic rings. The summed E-state index contributed by atoms with van der Waals surface area (Å²) in [6, 6.07) is 6.64. The molecule has 8 heteroatoms. The van der Waals surface area contributed by atoms with Gasteiger partial charge in [0.2, 0.25) is 4.96 Å². The lowest BCUT2D eigenvalue weighted by molar-refractivity contribution is 0.102. The number of aromatic nitrogens is 3. The summed E-state index contributed by atoms with van der Waals surface area (Å²) in [7, 11) is 0. The number of amides is 1. The van der Waals surface area contributed by atoms with Crippen LogP contribution in [0.5, 0.6) is 0 Å². The summed E-state index contributed by atoms with van der Waals surface area (Å²) in [5.41, 5.74) is -0.0326. The first-order valence-electron chi connectivity index (χ1n) is 7.53. The number of nitrogens with one attached hydrogen (secondary N) is 1. The van der Waals surface area contributed by atoms with E-state index in [2.05, 4.69) is 22.3 Å². The van der Waals surface area contributed by atoms with Crippen molar-refractivity contribution in [2.45, 2.75) is 26.2 Å². The molecule has 0 saturated carbocycles. The first-order chi connectivity index (χ1) is 11.6. The van der Waals surface area contributed by atoms with Crippen molar-refractivity contribution in [3.8, 4) is 0 Å². The Morgan fingerprint density at radius 1 is 1.38 bits per heavy atom. The van der Waals surface area contributed by atoms with Gasteiger partial charge in [-0.05, 0) is 18.6 Å². The van der Waals surface area contributed by atoms with Crippen molar-refractivity contribution in [3.63, 3.8) is 0 Å². The molecule has 2 aromatic heterocycles. The molecule has 1 N–H and O–H groups in total. The second kappa shape index (κ2) is 7.11. The molecule has 1 aromatic carbocycles. The topological polar surface area (TPSA) is 76.4 Å². The number of unbranched alkanes of at least 4 members (excludes halogenated alkanes) is 1. The van der Waals surface area contributed by atoms with Gasteiger partial charge in [-0.1, -0.05) is 48.4 Å². The highest BCUT2D eigenvalue weighted by atomic mass is 35.5. The Labute approximate surface area is 147 Å². The maximum atomic E-state index is 12.5. The molecule has 6 nitrogen and oxygen atoms in total. The Morgan fingerprint density at radius 3 is 2.92 bits per heavy atom. The van der Waals surface area contributed by atoms with Crippen LogP contribution in [0, 0.1) is 0 Å². The van der Waals surface area contributed by atoms with Crippen LogP contribution in [0.3, 0.4) is 0 Å². The number of benzene rings is 1. The van der Waals surface area contributed by atoms with E-state index < -0.39 is 11.5 Å². The number of fused-ring (bicyclic) bond motifs is 1. The van der Waals surface area contributed by atoms with Gasteiger partial charge in [-0.25, -0.2) is 4.98 Å². The van der Waals surface area contributed by atoms with Crippen LogP contribution in [0.2, 0.25) is 5.02 Å². The Morgan fingerprint density at radius 2 is 2.17 bits per heavy atom. The lowest BCUT2D eigenvalue weighted by atomic mass is 10.2. The third-order valence-electron chi connectivity index (χ3n) is 3.44. The van der Waals surface area contributed by atoms with E-state index in [1.807, 2.05) is 0 Å². The molecule has 1 amide bonds. The van der Waals surface area contributed by atoms with Gasteiger partial charge in [-0.3, -0.25) is 9.59 Å². The van der Waals surface area contributed by atoms with Crippen LogP contribution in [0.15, 0.2) is 35.3 Å². The largest absolute Gasteiger partial charge is 0.316 e. The molecule has 0 bridgehead atoms. The van der Waals surface area contributed by atoms with E-state index in [9.17, 15) is 9.59 Å². The molecule has 0 atom stereocenters. The summed E-state index contributed by atoms with van der Waals surface area (Å²) in [5, 5.41) is 8.02. The molecule has 2 heterocycles. The summed E-state index contributed by atoms with van der Waals surface area (Å²) in [4.78, 5) is 29.5. The highest BCUT2D eigenvalue weighted by Crippen LogP contribution is 2.17. The van der Waals surface area contributed by atoms with Gasteiger partial charge >= 0.3 is 0 Å². The van der Waals surface area contributed by atoms with E-state index in [-0.39, 0.29) is 5.69 Å². The number of anilines is 1. The van der Waals surface area contributed by atoms with Crippen molar-refractivity contribution in [1.82, 2.24) is 14.6 Å². The summed E-state index contributed by atoms with van der Waals surface area (Å²) >= 11 is 7.39. The summed E-state index contributed by atoms with van der Waals surface area (Å²) in [6.45, 7) is 2.10. The third-order valence-corrected chi connectivity index (χ3v) is 4.75. The predicted octanol–water partition coefficient (Wildman–Crippen LogP) is 3.40. The molecule has 0 unspecified atom stereocenters. The first kappa shape index (κ1) is 16.6. The van der Waals surface area contributed by atoms with Crippen molar-refractivity contribution < 1.29 is 4.79 Å². The van der Waals surface area contributed by atoms with Crippen molar-refractivity contribution in [2.75, 3.05) is 5.32 Å². The van der Waals surface area contributed by atoms with Gasteiger partial charge in [0.1, 0.15) is 10.7 Å². The van der Waals surface area contributed by atoms with E-state index in [4.69, 9.17) is 11.6 Å². The zero-order valence-corrected chi connectivity index (χ0v) is 14.5. The minimum Gasteiger partial charge on any atom is -0.316 e. The second-order valence-electron chi connectivity index (χ2n) is 5.20. The Balaban J connectivity index is 1.90. The van der Waals surface area contributed by atoms with Gasteiger partial charge in [-0.2, -0.15) is 9.61 Å². The molecule has 0 aliphatic rings. The molecule has 0 radical (unpaired) electrons. The average Bonchev–Trinajstić information content (AvgIpc) is 3.00. The molecule has 0 aliphatic heterocycles. The lowest BCUT2D eigenvalue weighted by Crippen LogP contribution is -2.23. The molecule has 24 heavy (non-hydrogen) atoms. The average molecular weight is 363 g/mol. The number of hydrogen-bond acceptors (Lipinski definition) is 5. The third kappa shape index (κ3) is 3.32. The number of nitrogens with zero attached hydrogens (tertiary/aromatic N) is 3. The van der Waals surface area contributed by atoms with E-state index in [1.165, 1.54) is 22.0 Å². The van der Waals surface area contributed by atoms with Crippen molar-refractivity contribution in [3.05, 3.63) is 56.4 Å². The van der Waals surface area contributed by atoms with Gasteiger partial charge in [0.15, 0.2) is 0 Å². The Kier molecular flexibility index (Phi) is 4.92. The normalized spacial score (nSPS) is 10.9. The zero-order valence-electron chi connectivity index (χ0n) is 13.0. The number of carbonyl (C=O) groups is 1. The molecule has 0 aliphatic carbocycles. The summed E-state index contributed by atoms with van der Waals surface area (Å²) in [5.74, 6) is -0.458. The fraction of sp³-hybridized carbons (Fsp3) is 0.250. The monoisotopic (exact) mass is 362 g/mol. The van der Waals surface area contributed by atoms with E-state index in [1.54, 1.807) is 24.3 Å². The molecule has 0 saturated heterocycles. The summed E-state index contributed by atoms with van der Waals surface area (Å²) < 4.78 is 1.23. The minimum atomic E-state index is -0.458. The molecule has 0 spiro atoms. The zero-order chi connectivity index (χ0) is 17.1. The Hall–Kier alpha value is -2.25. The molecule has 0 fully saturated rings. The van der Waals surface area contributed by atoms with Crippen molar-refractivity contribution >= 4 is 39.5 Å². The standard InChI is InChI=1S/C16H15ClN4O2S/c1-2-3-8-13-20-21-15(23)12(9-18-16(21)24-13)19-14(22)10-6-4-5-7-11(10)17/h4-7,9H,2-3,8H2,1H3,(H,19,22). The van der Waals surface area contributed by atoms with Crippen molar-refractivity contribution in [2.24, 2.45) is 0 Å². The fourth-order valence-corrected chi connectivity index (χ4v) is 3.29. The van der Waals surface area contributed by atoms with Crippen LogP contribution in [0.4, 0.5) is 5.69 Å². The number of hydrogen-bond donors (Lipinski definition) is 1. The molecular formula is C16H15ClN4O2S. The van der Waals surface area contributed by atoms with Gasteiger partial charge in [0, 0.05) is 6.42 Å². The maximum absolute atomic E-state index is 12.5. The van der Waals surface area contributed by atoms with Gasteiger partial charge < -0.3 is 5.32 Å². The molecule has 3 rings (SSSR count). The highest BCUT2D eigenvalue weighted by Gasteiger charge is 2.15. The number of carbonyl (C=O) groups excluding carboxylic acids is 1. The van der Waals surface area contributed by atoms with E-state index in [0.717, 1.165) is 24.3 Å². The van der Waals surface area contributed by atoms with Crippen LogP contribution in [0.1, 0.15) is 35.1 Å². The molecular weight excluding hydrogens is 348 g/mol. The van der Waals surface area contributed by atoms with Crippen LogP contribution < -0.4 is 10.9 Å². The van der Waals surface area contributed by atoms with Crippen LogP contribution in [-0.4, -0.2) is 20.5 Å². The fourth-order valence-electron chi connectivity index (χ4n) is 2.18. The van der Waals surface area contributed by atoms with Crippen LogP contribution in [-0.2, 0) is 6.42 Å². The number of aryl methyl sites for hydroxylation is 1. The van der Waals surface area contributed by atoms with Crippen LogP contribution >= 0.6 is 22.9 Å². The number of halogens is 1. The quantitative estimate of drug-likeness (QED) is 0.754. The lowest BCUT2D eigenvalue weighted by Gasteiger charge is -2.05. The van der Waals surface area contributed by atoms with Gasteiger partial charge in [0.25, 0.3) is 11.5 Å². The summed E-state index contributed by atoms with van der Waals surface area (Å²) in [6.07, 6.45) is 4.22. The second-order valence-corrected chi connectivity index (χ2v) is 6.65. The predicted molar refractivity (Wildman–Crippen MR) is 95.2 cm³/mol. The molecule has 124 valence electrons. The van der Waals surface area contributed by atoms with E-state index >= 15 is 0 Å². The van der Waals surface area contributed by atoms with Gasteiger partial charge in [0.05, 0.1) is 16.8 Å². The Bertz CT molecular complexity index is 951. The van der Waals surface area contributed by atoms with E-state index in [0.29, 0.717) is 15.5 Å². The minimum absolute atomic E-state index is 0.0739. The van der Waals surface area contributed by atoms with Crippen LogP contribution in [0.25, 0.3) is 4.96 Å². The van der Waals surface area contributed by atoms with Gasteiger partial charge in [-0.15, -0.1) is 0 Å².